The Balaban J connectivity index is 1.67. The molecule has 3 aromatic rings. The number of amides is 4. The Hall–Kier alpha value is -4.61. The Morgan fingerprint density at radius 3 is 2.32 bits per heavy atom. The van der Waals surface area contributed by atoms with Crippen LogP contribution in [0, 0.1) is 0 Å². The van der Waals surface area contributed by atoms with Gasteiger partial charge in [-0.15, -0.1) is 0 Å². The summed E-state index contributed by atoms with van der Waals surface area (Å²) in [4.78, 5) is 39.3. The Kier molecular flexibility index (Phi) is 8.67. The van der Waals surface area contributed by atoms with E-state index in [0.29, 0.717) is 22.7 Å². The molecule has 0 unspecified atom stereocenters. The van der Waals surface area contributed by atoms with Gasteiger partial charge < -0.3 is 26.0 Å². The van der Waals surface area contributed by atoms with E-state index >= 15 is 0 Å². The van der Waals surface area contributed by atoms with Crippen molar-refractivity contribution in [1.29, 1.82) is 0 Å². The van der Waals surface area contributed by atoms with Crippen molar-refractivity contribution >= 4 is 29.2 Å². The molecule has 0 saturated carbocycles. The molecule has 0 fully saturated rings. The Morgan fingerprint density at radius 2 is 1.68 bits per heavy atom. The van der Waals surface area contributed by atoms with Gasteiger partial charge in [0.05, 0.1) is 5.56 Å². The number of hydrogen-bond acceptors (Lipinski definition) is 5. The second-order valence-electron chi connectivity index (χ2n) is 7.76. The largest absolute Gasteiger partial charge is 0.457 e. The monoisotopic (exact) mass is 515 g/mol. The number of pyridine rings is 1. The third-order valence-electron chi connectivity index (χ3n) is 4.99. The average molecular weight is 515 g/mol. The Morgan fingerprint density at radius 1 is 0.946 bits per heavy atom. The van der Waals surface area contributed by atoms with E-state index < -0.39 is 17.8 Å². The fraction of sp³-hybridized carbons (Fsp3) is 0.200. The van der Waals surface area contributed by atoms with Gasteiger partial charge in [-0.25, -0.2) is 4.79 Å². The summed E-state index contributed by atoms with van der Waals surface area (Å²) in [5, 5.41) is 10.0. The molecule has 4 amide bonds. The minimum Gasteiger partial charge on any atom is -0.457 e. The summed E-state index contributed by atoms with van der Waals surface area (Å²) in [6.45, 7) is 1.52. The number of nitrogens with one attached hydrogen (secondary N) is 4. The number of halogens is 3. The molecule has 0 bridgehead atoms. The van der Waals surface area contributed by atoms with Gasteiger partial charge in [-0.2, -0.15) is 13.2 Å². The highest BCUT2D eigenvalue weighted by molar-refractivity contribution is 6.00. The number of ether oxygens (including phenoxy) is 1. The van der Waals surface area contributed by atoms with Gasteiger partial charge in [0, 0.05) is 44.2 Å². The molecule has 2 aromatic carbocycles. The maximum absolute atomic E-state index is 13.2. The van der Waals surface area contributed by atoms with Crippen LogP contribution in [0.4, 0.5) is 29.3 Å². The lowest BCUT2D eigenvalue weighted by molar-refractivity contribution is -0.137. The molecule has 9 nitrogen and oxygen atoms in total. The highest BCUT2D eigenvalue weighted by atomic mass is 19.4. The lowest BCUT2D eigenvalue weighted by atomic mass is 10.1. The number of alkyl halides is 3. The number of urea groups is 1. The van der Waals surface area contributed by atoms with Gasteiger partial charge in [0.1, 0.15) is 17.2 Å². The van der Waals surface area contributed by atoms with Gasteiger partial charge in [0.15, 0.2) is 0 Å². The third-order valence-corrected chi connectivity index (χ3v) is 4.99. The molecule has 1 aromatic heterocycles. The molecule has 0 aliphatic rings. The third kappa shape index (κ3) is 7.95. The van der Waals surface area contributed by atoms with Crippen LogP contribution in [0.15, 0.2) is 60.8 Å². The maximum atomic E-state index is 13.2. The molecule has 194 valence electrons. The summed E-state index contributed by atoms with van der Waals surface area (Å²) in [7, 11) is 1.49. The molecular weight excluding hydrogens is 491 g/mol. The Labute approximate surface area is 210 Å². The van der Waals surface area contributed by atoms with E-state index in [-0.39, 0.29) is 36.2 Å². The van der Waals surface area contributed by atoms with E-state index in [9.17, 15) is 27.6 Å². The van der Waals surface area contributed by atoms with E-state index in [0.717, 1.165) is 12.1 Å². The quantitative estimate of drug-likeness (QED) is 0.350. The van der Waals surface area contributed by atoms with E-state index in [4.69, 9.17) is 4.74 Å². The highest BCUT2D eigenvalue weighted by Crippen LogP contribution is 2.32. The molecule has 4 N–H and O–H groups in total. The van der Waals surface area contributed by atoms with E-state index in [2.05, 4.69) is 26.3 Å². The number of carbonyl (C=O) groups is 3. The summed E-state index contributed by atoms with van der Waals surface area (Å²) in [5.74, 6) is 0.152. The minimum atomic E-state index is -4.59. The number of benzene rings is 2. The second kappa shape index (κ2) is 11.9. The van der Waals surface area contributed by atoms with Crippen LogP contribution < -0.4 is 26.0 Å². The van der Waals surface area contributed by atoms with Crippen LogP contribution in [0.1, 0.15) is 28.5 Å². The molecule has 0 atom stereocenters. The first-order valence-electron chi connectivity index (χ1n) is 11.0. The molecule has 37 heavy (non-hydrogen) atoms. The molecule has 12 heteroatoms. The van der Waals surface area contributed by atoms with Crippen molar-refractivity contribution in [2.24, 2.45) is 0 Å². The fourth-order valence-electron chi connectivity index (χ4n) is 3.21. The van der Waals surface area contributed by atoms with Crippen molar-refractivity contribution in [3.63, 3.8) is 0 Å². The standard InChI is InChI=1S/C25H24F3N5O4/c1-15(34)30-11-9-16-3-4-17(25(26,27)28)13-21(16)33-24(36)32-18-5-7-19(8-6-18)37-20-10-12-31-22(14-20)23(35)29-2/h3-8,10,12-14H,9,11H2,1-2H3,(H,29,35)(H,30,34)(H2,32,33,36). The van der Waals surface area contributed by atoms with E-state index in [1.807, 2.05) is 0 Å². The number of anilines is 2. The first-order valence-corrected chi connectivity index (χ1v) is 11.0. The number of nitrogens with zero attached hydrogens (tertiary/aromatic N) is 1. The van der Waals surface area contributed by atoms with Gasteiger partial charge in [-0.05, 0) is 54.4 Å². The summed E-state index contributed by atoms with van der Waals surface area (Å²) < 4.78 is 45.3. The number of carbonyl (C=O) groups excluding carboxylic acids is 3. The molecule has 0 aliphatic carbocycles. The number of rotatable bonds is 8. The minimum absolute atomic E-state index is 0.0257. The van der Waals surface area contributed by atoms with Crippen molar-refractivity contribution < 1.29 is 32.3 Å². The lowest BCUT2D eigenvalue weighted by Gasteiger charge is -2.15. The molecule has 0 saturated heterocycles. The van der Waals surface area contributed by atoms with Gasteiger partial charge in [0.2, 0.25) is 5.91 Å². The summed E-state index contributed by atoms with van der Waals surface area (Å²) in [6.07, 6.45) is -2.94. The topological polar surface area (TPSA) is 121 Å². The molecule has 0 radical (unpaired) electrons. The number of hydrogen-bond donors (Lipinski definition) is 4. The van der Waals surface area contributed by atoms with Crippen molar-refractivity contribution in [2.45, 2.75) is 19.5 Å². The van der Waals surface area contributed by atoms with E-state index in [1.165, 1.54) is 32.3 Å². The van der Waals surface area contributed by atoms with Crippen molar-refractivity contribution in [1.82, 2.24) is 15.6 Å². The smallest absolute Gasteiger partial charge is 0.416 e. The van der Waals surface area contributed by atoms with Crippen LogP contribution >= 0.6 is 0 Å². The maximum Gasteiger partial charge on any atom is 0.416 e. The predicted molar refractivity (Wildman–Crippen MR) is 131 cm³/mol. The molecule has 3 rings (SSSR count). The molecular formula is C25H24F3N5O4. The van der Waals surface area contributed by atoms with Crippen molar-refractivity contribution in [3.8, 4) is 11.5 Å². The molecule has 0 aliphatic heterocycles. The summed E-state index contributed by atoms with van der Waals surface area (Å²) >= 11 is 0. The SMILES string of the molecule is CNC(=O)c1cc(Oc2ccc(NC(=O)Nc3cc(C(F)(F)F)ccc3CCNC(C)=O)cc2)ccn1. The predicted octanol–water partition coefficient (Wildman–Crippen LogP) is 4.57. The van der Waals surface area contributed by atoms with Crippen LogP contribution in [0.3, 0.4) is 0 Å². The first-order chi connectivity index (χ1) is 17.5. The van der Waals surface area contributed by atoms with Gasteiger partial charge in [-0.3, -0.25) is 14.6 Å². The summed E-state index contributed by atoms with van der Waals surface area (Å²) in [6, 6.07) is 11.5. The van der Waals surface area contributed by atoms with Crippen LogP contribution in [-0.4, -0.2) is 36.4 Å². The average Bonchev–Trinajstić information content (AvgIpc) is 2.85. The number of aromatic nitrogens is 1. The van der Waals surface area contributed by atoms with Gasteiger partial charge in [0.25, 0.3) is 5.91 Å². The van der Waals surface area contributed by atoms with Crippen molar-refractivity contribution in [3.05, 3.63) is 77.6 Å². The normalized spacial score (nSPS) is 10.8. The first kappa shape index (κ1) is 27.0. The fourth-order valence-corrected chi connectivity index (χ4v) is 3.21. The van der Waals surface area contributed by atoms with E-state index in [1.54, 1.807) is 30.3 Å². The van der Waals surface area contributed by atoms with Gasteiger partial charge >= 0.3 is 12.2 Å². The summed E-state index contributed by atoms with van der Waals surface area (Å²) in [5.41, 5.74) is 0.0259. The zero-order valence-corrected chi connectivity index (χ0v) is 19.9. The van der Waals surface area contributed by atoms with Crippen LogP contribution in [0.2, 0.25) is 0 Å². The lowest BCUT2D eigenvalue weighted by Crippen LogP contribution is -2.24. The molecule has 1 heterocycles. The van der Waals surface area contributed by atoms with Crippen LogP contribution in [0.5, 0.6) is 11.5 Å². The van der Waals surface area contributed by atoms with Crippen LogP contribution in [0.25, 0.3) is 0 Å². The molecule has 0 spiro atoms. The zero-order chi connectivity index (χ0) is 27.0. The second-order valence-corrected chi connectivity index (χ2v) is 7.76. The zero-order valence-electron chi connectivity index (χ0n) is 19.9. The van der Waals surface area contributed by atoms with Gasteiger partial charge in [-0.1, -0.05) is 6.07 Å². The van der Waals surface area contributed by atoms with Crippen molar-refractivity contribution in [2.75, 3.05) is 24.2 Å². The van der Waals surface area contributed by atoms with Crippen LogP contribution in [-0.2, 0) is 17.4 Å². The Bertz CT molecular complexity index is 1280. The highest BCUT2D eigenvalue weighted by Gasteiger charge is 2.31.